The first-order valence-corrected chi connectivity index (χ1v) is 11.8. The predicted octanol–water partition coefficient (Wildman–Crippen LogP) is 5.05. The lowest BCUT2D eigenvalue weighted by atomic mass is 10.1. The Morgan fingerprint density at radius 3 is 2.76 bits per heavy atom. The van der Waals surface area contributed by atoms with E-state index in [9.17, 15) is 14.0 Å². The van der Waals surface area contributed by atoms with Crippen molar-refractivity contribution in [2.45, 2.75) is 31.3 Å². The van der Waals surface area contributed by atoms with Crippen LogP contribution in [-0.2, 0) is 17.6 Å². The third-order valence-electron chi connectivity index (χ3n) is 5.86. The Bertz CT molecular complexity index is 1450. The Morgan fingerprint density at radius 1 is 1.09 bits per heavy atom. The molecule has 0 saturated heterocycles. The lowest BCUT2D eigenvalue weighted by molar-refractivity contribution is -0.113. The highest BCUT2D eigenvalue weighted by Gasteiger charge is 2.16. The summed E-state index contributed by atoms with van der Waals surface area (Å²) in [5.41, 5.74) is 4.65. The van der Waals surface area contributed by atoms with Crippen molar-refractivity contribution in [3.05, 3.63) is 93.5 Å². The van der Waals surface area contributed by atoms with Gasteiger partial charge in [-0.3, -0.25) is 14.2 Å². The number of para-hydroxylation sites is 1. The molecule has 0 unspecified atom stereocenters. The standard InChI is InChI=1S/C26H22FN3O2S/c1-16-13-20(11-12-22(16)27)30-25(32)21-7-2-3-8-23(21)29-26(30)33-15-24(31)28-19-10-9-17-5-4-6-18(17)14-19/h2-3,7-14H,4-6,15H2,1H3,(H,28,31). The van der Waals surface area contributed by atoms with Crippen LogP contribution in [0.5, 0.6) is 0 Å². The molecule has 0 radical (unpaired) electrons. The van der Waals surface area contributed by atoms with E-state index in [4.69, 9.17) is 0 Å². The van der Waals surface area contributed by atoms with Crippen LogP contribution in [0, 0.1) is 12.7 Å². The fourth-order valence-electron chi connectivity index (χ4n) is 4.18. The second-order valence-electron chi connectivity index (χ2n) is 8.16. The zero-order chi connectivity index (χ0) is 22.9. The van der Waals surface area contributed by atoms with Gasteiger partial charge in [0, 0.05) is 5.69 Å². The van der Waals surface area contributed by atoms with E-state index in [0.29, 0.717) is 27.3 Å². The third kappa shape index (κ3) is 4.28. The maximum atomic E-state index is 13.9. The van der Waals surface area contributed by atoms with Crippen LogP contribution in [0.4, 0.5) is 10.1 Å². The van der Waals surface area contributed by atoms with Gasteiger partial charge in [0.15, 0.2) is 5.16 Å². The summed E-state index contributed by atoms with van der Waals surface area (Å²) in [7, 11) is 0. The molecule has 5 nitrogen and oxygen atoms in total. The van der Waals surface area contributed by atoms with Crippen LogP contribution in [0.15, 0.2) is 70.6 Å². The van der Waals surface area contributed by atoms with E-state index in [1.807, 2.05) is 18.2 Å². The van der Waals surface area contributed by atoms with Crippen LogP contribution in [0.1, 0.15) is 23.1 Å². The summed E-state index contributed by atoms with van der Waals surface area (Å²) < 4.78 is 15.3. The lowest BCUT2D eigenvalue weighted by Crippen LogP contribution is -2.23. The summed E-state index contributed by atoms with van der Waals surface area (Å²) in [5.74, 6) is -0.437. The molecule has 33 heavy (non-hydrogen) atoms. The Labute approximate surface area is 194 Å². The Morgan fingerprint density at radius 2 is 1.91 bits per heavy atom. The fraction of sp³-hybridized carbons (Fsp3) is 0.192. The first-order valence-electron chi connectivity index (χ1n) is 10.8. The van der Waals surface area contributed by atoms with Gasteiger partial charge >= 0.3 is 0 Å². The second-order valence-corrected chi connectivity index (χ2v) is 9.10. The molecule has 1 aromatic heterocycles. The number of carbonyl (C=O) groups excluding carboxylic acids is 1. The van der Waals surface area contributed by atoms with Crippen molar-refractivity contribution in [3.63, 3.8) is 0 Å². The number of nitrogens with one attached hydrogen (secondary N) is 1. The Balaban J connectivity index is 1.45. The number of hydrogen-bond donors (Lipinski definition) is 1. The molecular formula is C26H22FN3O2S. The second kappa shape index (κ2) is 8.83. The van der Waals surface area contributed by atoms with Crippen LogP contribution in [0.25, 0.3) is 16.6 Å². The topological polar surface area (TPSA) is 64.0 Å². The first kappa shape index (κ1) is 21.4. The van der Waals surface area contributed by atoms with Crippen LogP contribution >= 0.6 is 11.8 Å². The number of benzene rings is 3. The number of hydrogen-bond acceptors (Lipinski definition) is 4. The van der Waals surface area contributed by atoms with Crippen LogP contribution in [0.2, 0.25) is 0 Å². The van der Waals surface area contributed by atoms with Gasteiger partial charge in [-0.05, 0) is 85.3 Å². The quantitative estimate of drug-likeness (QED) is 0.335. The number of anilines is 1. The lowest BCUT2D eigenvalue weighted by Gasteiger charge is -2.14. The molecule has 166 valence electrons. The Kier molecular flexibility index (Phi) is 5.72. The molecule has 0 aliphatic heterocycles. The van der Waals surface area contributed by atoms with Gasteiger partial charge in [0.05, 0.1) is 22.3 Å². The van der Waals surface area contributed by atoms with E-state index in [2.05, 4.69) is 16.4 Å². The van der Waals surface area contributed by atoms with Gasteiger partial charge in [-0.2, -0.15) is 0 Å². The van der Waals surface area contributed by atoms with Crippen molar-refractivity contribution in [2.24, 2.45) is 0 Å². The van der Waals surface area contributed by atoms with Crippen molar-refractivity contribution < 1.29 is 9.18 Å². The minimum atomic E-state index is -0.344. The molecule has 0 fully saturated rings. The number of carbonyl (C=O) groups is 1. The van der Waals surface area contributed by atoms with E-state index in [1.54, 1.807) is 37.3 Å². The largest absolute Gasteiger partial charge is 0.325 e. The van der Waals surface area contributed by atoms with Crippen molar-refractivity contribution in [2.75, 3.05) is 11.1 Å². The molecule has 1 aliphatic carbocycles. The summed E-state index contributed by atoms with van der Waals surface area (Å²) in [6.45, 7) is 1.65. The average Bonchev–Trinajstić information content (AvgIpc) is 3.28. The number of thioether (sulfide) groups is 1. The number of nitrogens with zero attached hydrogens (tertiary/aromatic N) is 2. The maximum absolute atomic E-state index is 13.9. The number of amides is 1. The van der Waals surface area contributed by atoms with Gasteiger partial charge in [-0.25, -0.2) is 9.37 Å². The van der Waals surface area contributed by atoms with Crippen molar-refractivity contribution >= 4 is 34.3 Å². The number of halogens is 1. The predicted molar refractivity (Wildman–Crippen MR) is 130 cm³/mol. The average molecular weight is 460 g/mol. The van der Waals surface area contributed by atoms with Gasteiger partial charge in [0.2, 0.25) is 5.91 Å². The zero-order valence-corrected chi connectivity index (χ0v) is 18.9. The zero-order valence-electron chi connectivity index (χ0n) is 18.1. The summed E-state index contributed by atoms with van der Waals surface area (Å²) in [6.07, 6.45) is 3.28. The maximum Gasteiger partial charge on any atom is 0.266 e. The molecule has 1 amide bonds. The van der Waals surface area contributed by atoms with E-state index in [-0.39, 0.29) is 23.0 Å². The third-order valence-corrected chi connectivity index (χ3v) is 6.80. The van der Waals surface area contributed by atoms with Gasteiger partial charge < -0.3 is 5.32 Å². The minimum Gasteiger partial charge on any atom is -0.325 e. The highest BCUT2D eigenvalue weighted by Crippen LogP contribution is 2.26. The molecule has 0 bridgehead atoms. The monoisotopic (exact) mass is 459 g/mol. The molecule has 0 spiro atoms. The van der Waals surface area contributed by atoms with Crippen molar-refractivity contribution in [1.29, 1.82) is 0 Å². The number of fused-ring (bicyclic) bond motifs is 2. The molecular weight excluding hydrogens is 437 g/mol. The molecule has 7 heteroatoms. The van der Waals surface area contributed by atoms with Gasteiger partial charge in [0.25, 0.3) is 5.56 Å². The normalized spacial score (nSPS) is 12.7. The summed E-state index contributed by atoms with van der Waals surface area (Å²) in [4.78, 5) is 30.6. The van der Waals surface area contributed by atoms with Gasteiger partial charge in [-0.15, -0.1) is 0 Å². The van der Waals surface area contributed by atoms with Crippen LogP contribution in [0.3, 0.4) is 0 Å². The van der Waals surface area contributed by atoms with Crippen molar-refractivity contribution in [3.8, 4) is 5.69 Å². The van der Waals surface area contributed by atoms with E-state index in [1.165, 1.54) is 33.5 Å². The molecule has 1 heterocycles. The minimum absolute atomic E-state index is 0.0854. The number of rotatable bonds is 5. The van der Waals surface area contributed by atoms with E-state index in [0.717, 1.165) is 24.9 Å². The van der Waals surface area contributed by atoms with Crippen LogP contribution in [-0.4, -0.2) is 21.2 Å². The van der Waals surface area contributed by atoms with Crippen molar-refractivity contribution in [1.82, 2.24) is 9.55 Å². The molecule has 0 atom stereocenters. The highest BCUT2D eigenvalue weighted by molar-refractivity contribution is 7.99. The fourth-order valence-corrected chi connectivity index (χ4v) is 4.99. The number of aryl methyl sites for hydroxylation is 3. The summed E-state index contributed by atoms with van der Waals surface area (Å²) >= 11 is 1.18. The summed E-state index contributed by atoms with van der Waals surface area (Å²) in [5, 5.41) is 3.79. The highest BCUT2D eigenvalue weighted by atomic mass is 32.2. The van der Waals surface area contributed by atoms with Gasteiger partial charge in [-0.1, -0.05) is 30.0 Å². The van der Waals surface area contributed by atoms with Gasteiger partial charge in [0.1, 0.15) is 5.82 Å². The molecule has 0 saturated carbocycles. The SMILES string of the molecule is Cc1cc(-n2c(SCC(=O)Nc3ccc4c(c3)CCC4)nc3ccccc3c2=O)ccc1F. The molecule has 3 aromatic carbocycles. The molecule has 4 aromatic rings. The van der Waals surface area contributed by atoms with E-state index < -0.39 is 0 Å². The first-order chi connectivity index (χ1) is 16.0. The smallest absolute Gasteiger partial charge is 0.266 e. The summed E-state index contributed by atoms with van der Waals surface area (Å²) in [6, 6.07) is 17.6. The van der Waals surface area contributed by atoms with Crippen LogP contribution < -0.4 is 10.9 Å². The van der Waals surface area contributed by atoms with E-state index >= 15 is 0 Å². The Hall–Kier alpha value is -3.45. The molecule has 1 aliphatic rings. The number of aromatic nitrogens is 2. The molecule has 1 N–H and O–H groups in total. The molecule has 5 rings (SSSR count).